The zero-order chi connectivity index (χ0) is 14.1. The van der Waals surface area contributed by atoms with E-state index in [4.69, 9.17) is 5.73 Å². The molecule has 0 atom stereocenters. The summed E-state index contributed by atoms with van der Waals surface area (Å²) in [6, 6.07) is 7.39. The molecule has 2 aromatic heterocycles. The van der Waals surface area contributed by atoms with Crippen LogP contribution in [0.1, 0.15) is 17.3 Å². The van der Waals surface area contributed by atoms with E-state index in [2.05, 4.69) is 15.0 Å². The minimum Gasteiger partial charge on any atom is -0.399 e. The van der Waals surface area contributed by atoms with Crippen molar-refractivity contribution in [3.05, 3.63) is 47.8 Å². The third-order valence-electron chi connectivity index (χ3n) is 3.15. The number of nitrogens with zero attached hydrogens (tertiary/aromatic N) is 4. The lowest BCUT2D eigenvalue weighted by Crippen LogP contribution is -2.07. The molecule has 0 aliphatic rings. The van der Waals surface area contributed by atoms with Crippen LogP contribution >= 0.6 is 0 Å². The van der Waals surface area contributed by atoms with Crippen LogP contribution < -0.4 is 5.73 Å². The van der Waals surface area contributed by atoms with Gasteiger partial charge >= 0.3 is 0 Å². The molecule has 1 aromatic carbocycles. The number of fused-ring (bicyclic) bond motifs is 1. The molecule has 3 N–H and O–H groups in total. The molecule has 102 valence electrons. The second-order valence-electron chi connectivity index (χ2n) is 4.62. The Morgan fingerprint density at radius 2 is 2.10 bits per heavy atom. The number of aryl methyl sites for hydroxylation is 1. The van der Waals surface area contributed by atoms with Crippen LogP contribution in [0.4, 0.5) is 5.69 Å². The largest absolute Gasteiger partial charge is 0.399 e. The normalized spacial score (nSPS) is 11.1. The van der Waals surface area contributed by atoms with E-state index in [0.717, 1.165) is 22.6 Å². The molecule has 3 rings (SSSR count). The maximum atomic E-state index is 9.47. The zero-order valence-corrected chi connectivity index (χ0v) is 11.1. The molecule has 0 aliphatic carbocycles. The summed E-state index contributed by atoms with van der Waals surface area (Å²) in [5.41, 5.74) is 9.01. The Kier molecular flexibility index (Phi) is 3.08. The van der Waals surface area contributed by atoms with Crippen molar-refractivity contribution in [3.8, 4) is 0 Å². The Balaban J connectivity index is 2.10. The smallest absolute Gasteiger partial charge is 0.136 e. The highest BCUT2D eigenvalue weighted by atomic mass is 16.3. The van der Waals surface area contributed by atoms with Gasteiger partial charge in [0.15, 0.2) is 0 Å². The van der Waals surface area contributed by atoms with Crippen LogP contribution in [0.15, 0.2) is 30.5 Å². The van der Waals surface area contributed by atoms with E-state index in [9.17, 15) is 5.11 Å². The molecule has 0 saturated carbocycles. The van der Waals surface area contributed by atoms with Gasteiger partial charge in [-0.2, -0.15) is 0 Å². The summed E-state index contributed by atoms with van der Waals surface area (Å²) in [7, 11) is 0. The Morgan fingerprint density at radius 1 is 1.25 bits per heavy atom. The minimum atomic E-state index is -0.126. The van der Waals surface area contributed by atoms with E-state index in [1.807, 2.05) is 29.7 Å². The summed E-state index contributed by atoms with van der Waals surface area (Å²) in [5.74, 6) is 1.32. The fourth-order valence-electron chi connectivity index (χ4n) is 2.25. The predicted molar refractivity (Wildman–Crippen MR) is 75.9 cm³/mol. The van der Waals surface area contributed by atoms with Gasteiger partial charge in [-0.3, -0.25) is 0 Å². The van der Waals surface area contributed by atoms with Gasteiger partial charge in [0.05, 0.1) is 23.3 Å². The molecule has 6 heteroatoms. The maximum absolute atomic E-state index is 9.47. The Morgan fingerprint density at radius 3 is 2.85 bits per heavy atom. The predicted octanol–water partition coefficient (Wildman–Crippen LogP) is 1.26. The Hall–Kier alpha value is -2.47. The van der Waals surface area contributed by atoms with Crippen LogP contribution in [0.25, 0.3) is 11.0 Å². The number of anilines is 1. The van der Waals surface area contributed by atoms with Crippen molar-refractivity contribution in [3.63, 3.8) is 0 Å². The van der Waals surface area contributed by atoms with E-state index in [0.29, 0.717) is 18.1 Å². The van der Waals surface area contributed by atoms with Crippen molar-refractivity contribution in [2.45, 2.75) is 20.1 Å². The number of rotatable bonds is 3. The topological polar surface area (TPSA) is 89.8 Å². The van der Waals surface area contributed by atoms with E-state index >= 15 is 0 Å². The number of nitrogen functional groups attached to an aromatic ring is 1. The molecular weight excluding hydrogens is 254 g/mol. The third-order valence-corrected chi connectivity index (χ3v) is 3.15. The number of nitrogens with two attached hydrogens (primary N) is 1. The summed E-state index contributed by atoms with van der Waals surface area (Å²) in [6.07, 6.45) is 1.73. The van der Waals surface area contributed by atoms with Gasteiger partial charge in [0.2, 0.25) is 0 Å². The first-order valence-electron chi connectivity index (χ1n) is 6.31. The van der Waals surface area contributed by atoms with Crippen LogP contribution in [0.2, 0.25) is 0 Å². The quantitative estimate of drug-likeness (QED) is 0.699. The highest BCUT2D eigenvalue weighted by molar-refractivity contribution is 5.79. The number of imidazole rings is 1. The standard InChI is InChI=1S/C14H15N5O/c1-9-16-5-4-11(17-9)7-19-13-3-2-10(15)6-12(13)18-14(19)8-20/h2-6,20H,7-8,15H2,1H3. The van der Waals surface area contributed by atoms with Crippen LogP contribution in [-0.2, 0) is 13.2 Å². The lowest BCUT2D eigenvalue weighted by Gasteiger charge is -2.07. The molecule has 2 heterocycles. The van der Waals surface area contributed by atoms with Crippen molar-refractivity contribution in [1.29, 1.82) is 0 Å². The average Bonchev–Trinajstić information content (AvgIpc) is 2.76. The van der Waals surface area contributed by atoms with Crippen LogP contribution in [-0.4, -0.2) is 24.6 Å². The Labute approximate surface area is 115 Å². The van der Waals surface area contributed by atoms with Gasteiger partial charge in [-0.1, -0.05) is 0 Å². The van der Waals surface area contributed by atoms with Crippen LogP contribution in [0, 0.1) is 6.92 Å². The summed E-state index contributed by atoms with van der Waals surface area (Å²) in [4.78, 5) is 12.9. The molecule has 0 amide bonds. The molecule has 0 saturated heterocycles. The number of aliphatic hydroxyl groups excluding tert-OH is 1. The molecule has 3 aromatic rings. The number of aliphatic hydroxyl groups is 1. The van der Waals surface area contributed by atoms with Gasteiger partial charge in [0.25, 0.3) is 0 Å². The van der Waals surface area contributed by atoms with Crippen LogP contribution in [0.3, 0.4) is 0 Å². The van der Waals surface area contributed by atoms with Gasteiger partial charge < -0.3 is 15.4 Å². The fourth-order valence-corrected chi connectivity index (χ4v) is 2.25. The number of benzene rings is 1. The first-order valence-corrected chi connectivity index (χ1v) is 6.31. The SMILES string of the molecule is Cc1nccc(Cn2c(CO)nc3cc(N)ccc32)n1. The molecule has 0 spiro atoms. The maximum Gasteiger partial charge on any atom is 0.136 e. The highest BCUT2D eigenvalue weighted by Crippen LogP contribution is 2.20. The van der Waals surface area contributed by atoms with Gasteiger partial charge in [-0.15, -0.1) is 0 Å². The second-order valence-corrected chi connectivity index (χ2v) is 4.62. The summed E-state index contributed by atoms with van der Waals surface area (Å²) < 4.78 is 1.94. The van der Waals surface area contributed by atoms with Crippen molar-refractivity contribution in [2.75, 3.05) is 5.73 Å². The van der Waals surface area contributed by atoms with Gasteiger partial charge in [0, 0.05) is 11.9 Å². The fraction of sp³-hybridized carbons (Fsp3) is 0.214. The van der Waals surface area contributed by atoms with E-state index in [1.54, 1.807) is 12.3 Å². The van der Waals surface area contributed by atoms with Gasteiger partial charge in [-0.25, -0.2) is 15.0 Å². The van der Waals surface area contributed by atoms with E-state index in [-0.39, 0.29) is 6.61 Å². The third kappa shape index (κ3) is 2.21. The molecule has 20 heavy (non-hydrogen) atoms. The van der Waals surface area contributed by atoms with E-state index in [1.165, 1.54) is 0 Å². The average molecular weight is 269 g/mol. The highest BCUT2D eigenvalue weighted by Gasteiger charge is 2.11. The molecule has 6 nitrogen and oxygen atoms in total. The number of aromatic nitrogens is 4. The molecule has 0 fully saturated rings. The van der Waals surface area contributed by atoms with E-state index < -0.39 is 0 Å². The van der Waals surface area contributed by atoms with Crippen molar-refractivity contribution in [2.24, 2.45) is 0 Å². The summed E-state index contributed by atoms with van der Waals surface area (Å²) >= 11 is 0. The number of hydrogen-bond donors (Lipinski definition) is 2. The Bertz CT molecular complexity index is 765. The lowest BCUT2D eigenvalue weighted by molar-refractivity contribution is 0.267. The molecule has 0 aliphatic heterocycles. The van der Waals surface area contributed by atoms with Crippen molar-refractivity contribution >= 4 is 16.7 Å². The monoisotopic (exact) mass is 269 g/mol. The molecule has 0 bridgehead atoms. The second kappa shape index (κ2) is 4.90. The zero-order valence-electron chi connectivity index (χ0n) is 11.1. The summed E-state index contributed by atoms with van der Waals surface area (Å²) in [5, 5.41) is 9.47. The minimum absolute atomic E-state index is 0.126. The lowest BCUT2D eigenvalue weighted by atomic mass is 10.3. The molecule has 0 radical (unpaired) electrons. The molecule has 0 unspecified atom stereocenters. The first kappa shape index (κ1) is 12.6. The summed E-state index contributed by atoms with van der Waals surface area (Å²) in [6.45, 7) is 2.27. The van der Waals surface area contributed by atoms with Crippen molar-refractivity contribution < 1.29 is 5.11 Å². The number of hydrogen-bond acceptors (Lipinski definition) is 5. The molecular formula is C14H15N5O. The van der Waals surface area contributed by atoms with Crippen LogP contribution in [0.5, 0.6) is 0 Å². The van der Waals surface area contributed by atoms with Gasteiger partial charge in [-0.05, 0) is 31.2 Å². The first-order chi connectivity index (χ1) is 9.67. The van der Waals surface area contributed by atoms with Gasteiger partial charge in [0.1, 0.15) is 18.3 Å². The van der Waals surface area contributed by atoms with Crippen molar-refractivity contribution in [1.82, 2.24) is 19.5 Å².